The van der Waals surface area contributed by atoms with Gasteiger partial charge in [0.05, 0.1) is 0 Å². The minimum absolute atomic E-state index is 0. The summed E-state index contributed by atoms with van der Waals surface area (Å²) in [5, 5.41) is 0. The van der Waals surface area contributed by atoms with E-state index in [-0.39, 0.29) is 32.7 Å². The predicted molar refractivity (Wildman–Crippen MR) is 47.8 cm³/mol. The van der Waals surface area contributed by atoms with Crippen LogP contribution in [0.4, 0.5) is 0 Å². The van der Waals surface area contributed by atoms with E-state index in [9.17, 15) is 0 Å². The van der Waals surface area contributed by atoms with Gasteiger partial charge in [-0.15, -0.1) is 0 Å². The van der Waals surface area contributed by atoms with Gasteiger partial charge >= 0.3 is 0 Å². The van der Waals surface area contributed by atoms with Gasteiger partial charge in [-0.25, -0.2) is 0 Å². The molecule has 0 heterocycles. The fraction of sp³-hybridized carbons (Fsp3) is 0.900. The topological polar surface area (TPSA) is 0 Å². The molecule has 1 radical (unpaired) electrons. The smallest absolute Gasteiger partial charge is 0 e. The Bertz CT molecular complexity index is 89.0. The Morgan fingerprint density at radius 1 is 0.727 bits per heavy atom. The summed E-state index contributed by atoms with van der Waals surface area (Å²) in [6, 6.07) is 0. The van der Waals surface area contributed by atoms with Crippen LogP contribution in [0, 0.1) is 16.7 Å². The molecule has 0 aromatic carbocycles. The Kier molecular flexibility index (Phi) is 5.81. The van der Waals surface area contributed by atoms with Crippen molar-refractivity contribution >= 4 is 0 Å². The molecular weight excluding hydrogens is 209 g/mol. The fourth-order valence-corrected chi connectivity index (χ4v) is 1.12. The summed E-state index contributed by atoms with van der Waals surface area (Å²) in [7, 11) is 0. The molecule has 0 atom stereocenters. The molecular formula is C10H21Y-. The van der Waals surface area contributed by atoms with E-state index in [1.807, 2.05) is 0 Å². The molecule has 0 aliphatic rings. The zero-order valence-corrected chi connectivity index (χ0v) is 11.9. The molecule has 0 aromatic rings. The summed E-state index contributed by atoms with van der Waals surface area (Å²) in [6.45, 7) is 15.9. The van der Waals surface area contributed by atoms with Crippen LogP contribution in [0.5, 0.6) is 0 Å². The first-order valence-corrected chi connectivity index (χ1v) is 4.00. The molecule has 0 rings (SSSR count). The minimum atomic E-state index is 0. The van der Waals surface area contributed by atoms with Crippen LogP contribution in [0.25, 0.3) is 0 Å². The first-order chi connectivity index (χ1) is 4.15. The second-order valence-electron chi connectivity index (χ2n) is 5.12. The first kappa shape index (κ1) is 14.6. The van der Waals surface area contributed by atoms with Crippen LogP contribution in [0.1, 0.15) is 48.5 Å². The zero-order chi connectivity index (χ0) is 8.58. The summed E-state index contributed by atoms with van der Waals surface area (Å²) >= 11 is 0. The summed E-state index contributed by atoms with van der Waals surface area (Å²) < 4.78 is 0. The van der Waals surface area contributed by atoms with Crippen LogP contribution in [0.3, 0.4) is 0 Å². The molecule has 0 bridgehead atoms. The van der Waals surface area contributed by atoms with Gasteiger partial charge in [0.2, 0.25) is 0 Å². The Morgan fingerprint density at radius 2 is 0.909 bits per heavy atom. The van der Waals surface area contributed by atoms with Gasteiger partial charge in [0.15, 0.2) is 0 Å². The van der Waals surface area contributed by atoms with Gasteiger partial charge in [-0.05, 0) is 0 Å². The van der Waals surface area contributed by atoms with Crippen LogP contribution in [-0.2, 0) is 32.7 Å². The monoisotopic (exact) mass is 230 g/mol. The van der Waals surface area contributed by atoms with Crippen molar-refractivity contribution in [1.82, 2.24) is 0 Å². The van der Waals surface area contributed by atoms with Gasteiger partial charge in [-0.1, -0.05) is 41.5 Å². The van der Waals surface area contributed by atoms with E-state index in [0.29, 0.717) is 10.8 Å². The maximum atomic E-state index is 2.27. The molecule has 0 saturated carbocycles. The van der Waals surface area contributed by atoms with Gasteiger partial charge in [0.1, 0.15) is 0 Å². The van der Waals surface area contributed by atoms with Crippen molar-refractivity contribution < 1.29 is 32.7 Å². The Balaban J connectivity index is 0. The number of rotatable bonds is 0. The second-order valence-corrected chi connectivity index (χ2v) is 5.12. The third-order valence-electron chi connectivity index (χ3n) is 2.25. The molecule has 0 fully saturated rings. The first-order valence-electron chi connectivity index (χ1n) is 4.00. The van der Waals surface area contributed by atoms with Gasteiger partial charge < -0.3 is 5.92 Å². The van der Waals surface area contributed by atoms with E-state index in [1.165, 1.54) is 0 Å². The van der Waals surface area contributed by atoms with Crippen LogP contribution < -0.4 is 0 Å². The van der Waals surface area contributed by atoms with Crippen molar-refractivity contribution in [3.8, 4) is 0 Å². The van der Waals surface area contributed by atoms with Crippen molar-refractivity contribution in [2.75, 3.05) is 0 Å². The maximum Gasteiger partial charge on any atom is 0 e. The van der Waals surface area contributed by atoms with Crippen molar-refractivity contribution in [2.45, 2.75) is 48.5 Å². The molecule has 0 spiro atoms. The fourth-order valence-electron chi connectivity index (χ4n) is 1.12. The van der Waals surface area contributed by atoms with E-state index in [4.69, 9.17) is 0 Å². The molecule has 0 aliphatic carbocycles. The van der Waals surface area contributed by atoms with E-state index in [0.717, 1.165) is 0 Å². The summed E-state index contributed by atoms with van der Waals surface area (Å²) in [5.74, 6) is 1.57. The van der Waals surface area contributed by atoms with E-state index >= 15 is 0 Å². The molecule has 0 saturated heterocycles. The largest absolute Gasteiger partial charge is 0.306 e. The standard InChI is InChI=1S/C10H21.Y/c1-8(9(2,3)4)10(5,6)7;/h1-7H3;/q-1;. The second kappa shape index (κ2) is 4.37. The van der Waals surface area contributed by atoms with Gasteiger partial charge in [-0.3, -0.25) is 0 Å². The Hall–Kier alpha value is 1.10. The SMILES string of the molecule is C[C-](C(C)(C)C)C(C)(C)C.[Y]. The molecule has 0 amide bonds. The average Bonchev–Trinajstić information content (AvgIpc) is 1.59. The third-order valence-corrected chi connectivity index (χ3v) is 2.25. The molecule has 0 aliphatic heterocycles. The number of hydrogen-bond acceptors (Lipinski definition) is 0. The predicted octanol–water partition coefficient (Wildman–Crippen LogP) is 3.67. The van der Waals surface area contributed by atoms with E-state index in [1.54, 1.807) is 5.92 Å². The van der Waals surface area contributed by atoms with Crippen LogP contribution in [0.15, 0.2) is 0 Å². The molecule has 0 unspecified atom stereocenters. The van der Waals surface area contributed by atoms with E-state index < -0.39 is 0 Å². The molecule has 0 nitrogen and oxygen atoms in total. The normalized spacial score (nSPS) is 13.1. The molecule has 1 heteroatoms. The van der Waals surface area contributed by atoms with Crippen molar-refractivity contribution in [3.05, 3.63) is 5.92 Å². The van der Waals surface area contributed by atoms with Crippen molar-refractivity contribution in [3.63, 3.8) is 0 Å². The molecule has 11 heavy (non-hydrogen) atoms. The van der Waals surface area contributed by atoms with Crippen LogP contribution in [-0.4, -0.2) is 0 Å². The van der Waals surface area contributed by atoms with Gasteiger partial charge in [0, 0.05) is 32.7 Å². The summed E-state index contributed by atoms with van der Waals surface area (Å²) in [6.07, 6.45) is 0. The molecule has 0 aromatic heterocycles. The van der Waals surface area contributed by atoms with Gasteiger partial charge in [-0.2, -0.15) is 17.8 Å². The van der Waals surface area contributed by atoms with Gasteiger partial charge in [0.25, 0.3) is 0 Å². The zero-order valence-electron chi connectivity index (χ0n) is 9.08. The number of hydrogen-bond donors (Lipinski definition) is 0. The van der Waals surface area contributed by atoms with Crippen molar-refractivity contribution in [2.24, 2.45) is 10.8 Å². The summed E-state index contributed by atoms with van der Waals surface area (Å²) in [4.78, 5) is 0. The van der Waals surface area contributed by atoms with Crippen molar-refractivity contribution in [1.29, 1.82) is 0 Å². The van der Waals surface area contributed by atoms with Crippen LogP contribution in [0.2, 0.25) is 0 Å². The molecule has 0 N–H and O–H groups in total. The van der Waals surface area contributed by atoms with Crippen LogP contribution >= 0.6 is 0 Å². The quantitative estimate of drug-likeness (QED) is 0.557. The third kappa shape index (κ3) is 5.36. The minimum Gasteiger partial charge on any atom is -0.306 e. The molecule has 65 valence electrons. The Labute approximate surface area is 97.4 Å². The van der Waals surface area contributed by atoms with E-state index in [2.05, 4.69) is 48.5 Å². The average molecular weight is 230 g/mol. The Morgan fingerprint density at radius 3 is 0.909 bits per heavy atom. The summed E-state index contributed by atoms with van der Waals surface area (Å²) in [5.41, 5.74) is 0.719. The maximum absolute atomic E-state index is 2.27.